The summed E-state index contributed by atoms with van der Waals surface area (Å²) in [5, 5.41) is 14.5. The minimum atomic E-state index is -0.933. The van der Waals surface area contributed by atoms with Crippen molar-refractivity contribution in [2.75, 3.05) is 11.9 Å². The van der Waals surface area contributed by atoms with Crippen LogP contribution in [0.1, 0.15) is 32.3 Å². The monoisotopic (exact) mass is 288 g/mol. The number of carboxylic acid groups (broad SMARTS) is 1. The van der Waals surface area contributed by atoms with Crippen LogP contribution in [0.5, 0.6) is 0 Å². The van der Waals surface area contributed by atoms with Crippen molar-refractivity contribution in [1.82, 2.24) is 5.32 Å². The topological polar surface area (TPSA) is 78.4 Å². The summed E-state index contributed by atoms with van der Waals surface area (Å²) >= 11 is 0. The maximum atomic E-state index is 11.8. The predicted octanol–water partition coefficient (Wildman–Crippen LogP) is 2.68. The first-order valence-electron chi connectivity index (χ1n) is 6.82. The first kappa shape index (κ1) is 16.6. The highest BCUT2D eigenvalue weighted by Gasteiger charge is 2.35. The average Bonchev–Trinajstić information content (AvgIpc) is 2.48. The number of carboxylic acids is 1. The van der Waals surface area contributed by atoms with Crippen LogP contribution in [0.2, 0.25) is 0 Å². The van der Waals surface area contributed by atoms with Gasteiger partial charge in [0.2, 0.25) is 0 Å². The van der Waals surface area contributed by atoms with E-state index in [1.807, 2.05) is 0 Å². The van der Waals surface area contributed by atoms with Crippen molar-refractivity contribution >= 4 is 17.7 Å². The van der Waals surface area contributed by atoms with Gasteiger partial charge in [0.05, 0.1) is 5.41 Å². The standard InChI is InChI=1S/C16H20N2O3/c1-4-12-8-7-9-13(10-12)18-15(21)17-11-16(5-2,6-3)14(19)20/h1,7-10H,5-6,11H2,2-3H3,(H,19,20)(H2,17,18,21). The molecule has 0 fully saturated rings. The van der Waals surface area contributed by atoms with Gasteiger partial charge in [-0.1, -0.05) is 25.8 Å². The molecule has 5 nitrogen and oxygen atoms in total. The Morgan fingerprint density at radius 2 is 2.00 bits per heavy atom. The van der Waals surface area contributed by atoms with E-state index in [1.165, 1.54) is 0 Å². The predicted molar refractivity (Wildman–Crippen MR) is 82.0 cm³/mol. The number of rotatable bonds is 6. The van der Waals surface area contributed by atoms with Crippen LogP contribution < -0.4 is 10.6 Å². The lowest BCUT2D eigenvalue weighted by Crippen LogP contribution is -2.43. The molecule has 0 radical (unpaired) electrons. The van der Waals surface area contributed by atoms with E-state index in [0.717, 1.165) is 0 Å². The van der Waals surface area contributed by atoms with E-state index >= 15 is 0 Å². The molecule has 0 heterocycles. The summed E-state index contributed by atoms with van der Waals surface area (Å²) in [4.78, 5) is 23.2. The van der Waals surface area contributed by atoms with E-state index in [-0.39, 0.29) is 6.54 Å². The molecule has 0 spiro atoms. The fourth-order valence-electron chi connectivity index (χ4n) is 1.99. The quantitative estimate of drug-likeness (QED) is 0.704. The second-order valence-corrected chi connectivity index (χ2v) is 4.83. The molecule has 112 valence electrons. The Morgan fingerprint density at radius 1 is 1.33 bits per heavy atom. The van der Waals surface area contributed by atoms with E-state index in [0.29, 0.717) is 24.1 Å². The van der Waals surface area contributed by atoms with E-state index in [2.05, 4.69) is 16.6 Å². The third kappa shape index (κ3) is 4.25. The number of anilines is 1. The number of terminal acetylenes is 1. The number of hydrogen-bond donors (Lipinski definition) is 3. The van der Waals surface area contributed by atoms with E-state index in [4.69, 9.17) is 6.42 Å². The number of urea groups is 1. The first-order chi connectivity index (χ1) is 9.97. The Hall–Kier alpha value is -2.48. The van der Waals surface area contributed by atoms with Gasteiger partial charge >= 0.3 is 12.0 Å². The summed E-state index contributed by atoms with van der Waals surface area (Å²) < 4.78 is 0. The average molecular weight is 288 g/mol. The van der Waals surface area contributed by atoms with Gasteiger partial charge in [-0.05, 0) is 31.0 Å². The van der Waals surface area contributed by atoms with Crippen molar-refractivity contribution in [3.63, 3.8) is 0 Å². The van der Waals surface area contributed by atoms with Crippen LogP contribution in [-0.4, -0.2) is 23.7 Å². The molecule has 0 aliphatic carbocycles. The highest BCUT2D eigenvalue weighted by Crippen LogP contribution is 2.25. The summed E-state index contributed by atoms with van der Waals surface area (Å²) in [6.45, 7) is 3.68. The number of carbonyl (C=O) groups excluding carboxylic acids is 1. The van der Waals surface area contributed by atoms with Crippen LogP contribution in [0.4, 0.5) is 10.5 Å². The molecule has 0 atom stereocenters. The lowest BCUT2D eigenvalue weighted by molar-refractivity contribution is -0.149. The third-order valence-corrected chi connectivity index (χ3v) is 3.68. The summed E-state index contributed by atoms with van der Waals surface area (Å²) in [6.07, 6.45) is 6.19. The Bertz CT molecular complexity index is 557. The van der Waals surface area contributed by atoms with Crippen molar-refractivity contribution in [2.24, 2.45) is 5.41 Å². The van der Waals surface area contributed by atoms with Crippen LogP contribution in [0, 0.1) is 17.8 Å². The lowest BCUT2D eigenvalue weighted by atomic mass is 9.82. The molecule has 0 saturated carbocycles. The van der Waals surface area contributed by atoms with Crippen molar-refractivity contribution in [3.8, 4) is 12.3 Å². The third-order valence-electron chi connectivity index (χ3n) is 3.68. The molecule has 1 rings (SSSR count). The van der Waals surface area contributed by atoms with Gasteiger partial charge < -0.3 is 15.7 Å². The molecule has 2 amide bonds. The highest BCUT2D eigenvalue weighted by molar-refractivity contribution is 5.90. The molecular formula is C16H20N2O3. The fourth-order valence-corrected chi connectivity index (χ4v) is 1.99. The van der Waals surface area contributed by atoms with Gasteiger partial charge in [-0.3, -0.25) is 4.79 Å². The molecule has 1 aromatic carbocycles. The molecule has 0 aliphatic heterocycles. The molecular weight excluding hydrogens is 268 g/mol. The van der Waals surface area contributed by atoms with Crippen LogP contribution in [-0.2, 0) is 4.79 Å². The number of amides is 2. The minimum Gasteiger partial charge on any atom is -0.481 e. The summed E-state index contributed by atoms with van der Waals surface area (Å²) in [7, 11) is 0. The van der Waals surface area contributed by atoms with Crippen molar-refractivity contribution < 1.29 is 14.7 Å². The van der Waals surface area contributed by atoms with Crippen LogP contribution in [0.15, 0.2) is 24.3 Å². The maximum absolute atomic E-state index is 11.8. The summed E-state index contributed by atoms with van der Waals surface area (Å²) in [6, 6.07) is 6.43. The second kappa shape index (κ2) is 7.34. The number of benzene rings is 1. The van der Waals surface area contributed by atoms with Crippen LogP contribution >= 0.6 is 0 Å². The Kier molecular flexibility index (Phi) is 5.79. The molecule has 1 aromatic rings. The first-order valence-corrected chi connectivity index (χ1v) is 6.82. The molecule has 5 heteroatoms. The normalized spacial score (nSPS) is 10.5. The summed E-state index contributed by atoms with van der Waals surface area (Å²) in [5.74, 6) is 1.58. The maximum Gasteiger partial charge on any atom is 0.319 e. The van der Waals surface area contributed by atoms with Crippen molar-refractivity contribution in [3.05, 3.63) is 29.8 Å². The zero-order valence-corrected chi connectivity index (χ0v) is 12.3. The van der Waals surface area contributed by atoms with Crippen LogP contribution in [0.25, 0.3) is 0 Å². The second-order valence-electron chi connectivity index (χ2n) is 4.83. The largest absolute Gasteiger partial charge is 0.481 e. The Labute approximate surface area is 124 Å². The van der Waals surface area contributed by atoms with Crippen molar-refractivity contribution in [1.29, 1.82) is 0 Å². The SMILES string of the molecule is C#Cc1cccc(NC(=O)NCC(CC)(CC)C(=O)O)c1. The molecule has 0 saturated heterocycles. The highest BCUT2D eigenvalue weighted by atomic mass is 16.4. The van der Waals surface area contributed by atoms with Gasteiger partial charge in [0.25, 0.3) is 0 Å². The Balaban J connectivity index is 2.65. The lowest BCUT2D eigenvalue weighted by Gasteiger charge is -2.26. The molecule has 0 aliphatic rings. The number of carbonyl (C=O) groups is 2. The number of nitrogens with one attached hydrogen (secondary N) is 2. The van der Waals surface area contributed by atoms with Gasteiger partial charge in [-0.2, -0.15) is 0 Å². The minimum absolute atomic E-state index is 0.0794. The van der Waals surface area contributed by atoms with E-state index in [9.17, 15) is 14.7 Å². The molecule has 0 aromatic heterocycles. The zero-order chi connectivity index (χ0) is 15.9. The zero-order valence-electron chi connectivity index (χ0n) is 12.3. The molecule has 3 N–H and O–H groups in total. The summed E-state index contributed by atoms with van der Waals surface area (Å²) in [5.41, 5.74) is 0.296. The van der Waals surface area contributed by atoms with Crippen molar-refractivity contribution in [2.45, 2.75) is 26.7 Å². The van der Waals surface area contributed by atoms with Gasteiger partial charge in [0.1, 0.15) is 0 Å². The van der Waals surface area contributed by atoms with Gasteiger partial charge in [0, 0.05) is 17.8 Å². The van der Waals surface area contributed by atoms with E-state index < -0.39 is 17.4 Å². The van der Waals surface area contributed by atoms with Gasteiger partial charge in [-0.15, -0.1) is 6.42 Å². The smallest absolute Gasteiger partial charge is 0.319 e. The molecule has 21 heavy (non-hydrogen) atoms. The van der Waals surface area contributed by atoms with Gasteiger partial charge in [0.15, 0.2) is 0 Å². The van der Waals surface area contributed by atoms with Gasteiger partial charge in [-0.25, -0.2) is 4.79 Å². The molecule has 0 unspecified atom stereocenters. The fraction of sp³-hybridized carbons (Fsp3) is 0.375. The Morgan fingerprint density at radius 3 is 2.52 bits per heavy atom. The van der Waals surface area contributed by atoms with Crippen LogP contribution in [0.3, 0.4) is 0 Å². The number of aliphatic carboxylic acids is 1. The van der Waals surface area contributed by atoms with E-state index in [1.54, 1.807) is 38.1 Å². The molecule has 0 bridgehead atoms. The number of hydrogen-bond acceptors (Lipinski definition) is 2.